The van der Waals surface area contributed by atoms with Gasteiger partial charge in [-0.1, -0.05) is 31.0 Å². The summed E-state index contributed by atoms with van der Waals surface area (Å²) in [5, 5.41) is 9.19. The molecule has 0 unspecified atom stereocenters. The standard InChI is InChI=1S/C21H24N4O2/c26-19(15-6-2-1-3-7-15)25-18-10-9-17(13-23-18)24-20(27)21-11-5-4-8-16(21)12-22-14-21/h1-3,6-7,9-10,13,16,22H,4-5,8,11-12,14H2,(H,24,27)(H,23,25,26)/t16-,21+/m0/s1. The molecule has 140 valence electrons. The normalized spacial score (nSPS) is 24.1. The highest BCUT2D eigenvalue weighted by Gasteiger charge is 2.49. The molecule has 1 aliphatic heterocycles. The van der Waals surface area contributed by atoms with Crippen LogP contribution in [-0.2, 0) is 4.79 Å². The van der Waals surface area contributed by atoms with Crippen LogP contribution in [0.1, 0.15) is 36.0 Å². The van der Waals surface area contributed by atoms with E-state index in [9.17, 15) is 9.59 Å². The number of nitrogens with zero attached hydrogens (tertiary/aromatic N) is 1. The van der Waals surface area contributed by atoms with Gasteiger partial charge in [-0.2, -0.15) is 0 Å². The summed E-state index contributed by atoms with van der Waals surface area (Å²) in [7, 11) is 0. The first-order valence-electron chi connectivity index (χ1n) is 9.52. The maximum absolute atomic E-state index is 13.0. The van der Waals surface area contributed by atoms with Gasteiger partial charge in [-0.3, -0.25) is 9.59 Å². The van der Waals surface area contributed by atoms with Crippen molar-refractivity contribution in [1.29, 1.82) is 0 Å². The molecule has 4 rings (SSSR count). The quantitative estimate of drug-likeness (QED) is 0.779. The van der Waals surface area contributed by atoms with Gasteiger partial charge in [0.2, 0.25) is 5.91 Å². The van der Waals surface area contributed by atoms with Crippen molar-refractivity contribution >= 4 is 23.3 Å². The molecule has 2 aliphatic rings. The number of aromatic nitrogens is 1. The number of hydrogen-bond donors (Lipinski definition) is 3. The monoisotopic (exact) mass is 364 g/mol. The summed E-state index contributed by atoms with van der Waals surface area (Å²) in [4.78, 5) is 29.4. The fourth-order valence-electron chi connectivity index (χ4n) is 4.27. The van der Waals surface area contributed by atoms with Gasteiger partial charge in [0.25, 0.3) is 5.91 Å². The lowest BCUT2D eigenvalue weighted by Crippen LogP contribution is -2.44. The number of anilines is 2. The Bertz CT molecular complexity index is 822. The fraction of sp³-hybridized carbons (Fsp3) is 0.381. The minimum atomic E-state index is -0.293. The lowest BCUT2D eigenvalue weighted by molar-refractivity contribution is -0.128. The van der Waals surface area contributed by atoms with E-state index in [1.807, 2.05) is 18.2 Å². The van der Waals surface area contributed by atoms with Gasteiger partial charge in [-0.25, -0.2) is 4.98 Å². The Morgan fingerprint density at radius 2 is 1.93 bits per heavy atom. The molecule has 27 heavy (non-hydrogen) atoms. The fourth-order valence-corrected chi connectivity index (χ4v) is 4.27. The summed E-state index contributed by atoms with van der Waals surface area (Å²) in [5.41, 5.74) is 0.939. The smallest absolute Gasteiger partial charge is 0.256 e. The van der Waals surface area contributed by atoms with E-state index in [0.717, 1.165) is 32.4 Å². The highest BCUT2D eigenvalue weighted by Crippen LogP contribution is 2.44. The largest absolute Gasteiger partial charge is 0.324 e. The van der Waals surface area contributed by atoms with Gasteiger partial charge in [0.05, 0.1) is 17.3 Å². The molecular formula is C21H24N4O2. The van der Waals surface area contributed by atoms with Crippen LogP contribution in [0.3, 0.4) is 0 Å². The molecule has 2 aromatic rings. The number of carbonyl (C=O) groups excluding carboxylic acids is 2. The Morgan fingerprint density at radius 1 is 1.07 bits per heavy atom. The lowest BCUT2D eigenvalue weighted by Gasteiger charge is -2.37. The first kappa shape index (κ1) is 17.7. The summed E-state index contributed by atoms with van der Waals surface area (Å²) >= 11 is 0. The average molecular weight is 364 g/mol. The molecule has 2 heterocycles. The first-order chi connectivity index (χ1) is 13.2. The summed E-state index contributed by atoms with van der Waals surface area (Å²) in [6.45, 7) is 1.68. The van der Waals surface area contributed by atoms with Crippen LogP contribution in [-0.4, -0.2) is 29.9 Å². The molecule has 1 saturated carbocycles. The van der Waals surface area contributed by atoms with Crippen molar-refractivity contribution in [3.8, 4) is 0 Å². The number of carbonyl (C=O) groups is 2. The van der Waals surface area contributed by atoms with Crippen LogP contribution in [0.25, 0.3) is 0 Å². The minimum Gasteiger partial charge on any atom is -0.324 e. The molecule has 3 N–H and O–H groups in total. The number of rotatable bonds is 4. The molecule has 6 nitrogen and oxygen atoms in total. The summed E-state index contributed by atoms with van der Waals surface area (Å²) in [5.74, 6) is 0.752. The van der Waals surface area contributed by atoms with E-state index < -0.39 is 0 Å². The van der Waals surface area contributed by atoms with E-state index in [0.29, 0.717) is 23.0 Å². The van der Waals surface area contributed by atoms with Gasteiger partial charge in [-0.15, -0.1) is 0 Å². The molecule has 1 saturated heterocycles. The maximum Gasteiger partial charge on any atom is 0.256 e. The average Bonchev–Trinajstić information content (AvgIpc) is 3.15. The Kier molecular flexibility index (Phi) is 4.90. The van der Waals surface area contributed by atoms with Crippen molar-refractivity contribution in [2.24, 2.45) is 11.3 Å². The van der Waals surface area contributed by atoms with Gasteiger partial charge < -0.3 is 16.0 Å². The minimum absolute atomic E-state index is 0.0834. The van der Waals surface area contributed by atoms with Gasteiger partial charge >= 0.3 is 0 Å². The second-order valence-electron chi connectivity index (χ2n) is 7.44. The number of benzene rings is 1. The lowest BCUT2D eigenvalue weighted by atomic mass is 9.67. The molecule has 0 spiro atoms. The molecule has 1 aliphatic carbocycles. The van der Waals surface area contributed by atoms with Gasteiger partial charge in [0.15, 0.2) is 0 Å². The van der Waals surface area contributed by atoms with Gasteiger partial charge in [0, 0.05) is 12.1 Å². The third-order valence-corrected chi connectivity index (χ3v) is 5.79. The second-order valence-corrected chi connectivity index (χ2v) is 7.44. The molecule has 1 aromatic carbocycles. The van der Waals surface area contributed by atoms with Crippen LogP contribution < -0.4 is 16.0 Å². The molecular weight excluding hydrogens is 340 g/mol. The zero-order valence-corrected chi connectivity index (χ0v) is 15.2. The van der Waals surface area contributed by atoms with Crippen LogP contribution in [0.5, 0.6) is 0 Å². The molecule has 2 fully saturated rings. The molecule has 1 aromatic heterocycles. The van der Waals surface area contributed by atoms with Crippen molar-refractivity contribution < 1.29 is 9.59 Å². The highest BCUT2D eigenvalue weighted by atomic mass is 16.2. The predicted octanol–water partition coefficient (Wildman–Crippen LogP) is 3.05. The Hall–Kier alpha value is -2.73. The number of pyridine rings is 1. The number of hydrogen-bond acceptors (Lipinski definition) is 4. The van der Waals surface area contributed by atoms with Crippen LogP contribution in [0.4, 0.5) is 11.5 Å². The maximum atomic E-state index is 13.0. The van der Waals surface area contributed by atoms with Crippen molar-refractivity contribution in [2.75, 3.05) is 23.7 Å². The SMILES string of the molecule is O=C(Nc1ccc(NC(=O)[C@@]23CCCC[C@H]2CNC3)cn1)c1ccccc1. The predicted molar refractivity (Wildman–Crippen MR) is 105 cm³/mol. The van der Waals surface area contributed by atoms with Crippen LogP contribution >= 0.6 is 0 Å². The van der Waals surface area contributed by atoms with E-state index in [4.69, 9.17) is 0 Å². The Labute approximate surface area is 158 Å². The zero-order valence-electron chi connectivity index (χ0n) is 15.2. The van der Waals surface area contributed by atoms with E-state index >= 15 is 0 Å². The van der Waals surface area contributed by atoms with E-state index in [2.05, 4.69) is 20.9 Å². The van der Waals surface area contributed by atoms with E-state index in [1.165, 1.54) is 6.42 Å². The topological polar surface area (TPSA) is 83.1 Å². The molecule has 0 bridgehead atoms. The van der Waals surface area contributed by atoms with Crippen LogP contribution in [0.15, 0.2) is 48.7 Å². The van der Waals surface area contributed by atoms with E-state index in [-0.39, 0.29) is 17.2 Å². The van der Waals surface area contributed by atoms with Crippen LogP contribution in [0.2, 0.25) is 0 Å². The van der Waals surface area contributed by atoms with Crippen molar-refractivity contribution in [2.45, 2.75) is 25.7 Å². The third-order valence-electron chi connectivity index (χ3n) is 5.79. The van der Waals surface area contributed by atoms with Crippen molar-refractivity contribution in [3.05, 3.63) is 54.2 Å². The number of fused-ring (bicyclic) bond motifs is 1. The molecule has 6 heteroatoms. The Morgan fingerprint density at radius 3 is 2.70 bits per heavy atom. The second kappa shape index (κ2) is 7.48. The first-order valence-corrected chi connectivity index (χ1v) is 9.52. The van der Waals surface area contributed by atoms with Crippen LogP contribution in [0, 0.1) is 11.3 Å². The highest BCUT2D eigenvalue weighted by molar-refractivity contribution is 6.03. The Balaban J connectivity index is 1.41. The summed E-state index contributed by atoms with van der Waals surface area (Å²) in [6, 6.07) is 12.5. The summed E-state index contributed by atoms with van der Waals surface area (Å²) < 4.78 is 0. The van der Waals surface area contributed by atoms with Crippen molar-refractivity contribution in [3.63, 3.8) is 0 Å². The van der Waals surface area contributed by atoms with Gasteiger partial charge in [0.1, 0.15) is 5.82 Å². The third kappa shape index (κ3) is 3.57. The van der Waals surface area contributed by atoms with Gasteiger partial charge in [-0.05, 0) is 49.6 Å². The van der Waals surface area contributed by atoms with Crippen molar-refractivity contribution in [1.82, 2.24) is 10.3 Å². The molecule has 0 radical (unpaired) electrons. The molecule has 2 atom stereocenters. The molecule has 2 amide bonds. The number of nitrogens with one attached hydrogen (secondary N) is 3. The summed E-state index contributed by atoms with van der Waals surface area (Å²) in [6.07, 6.45) is 5.96. The number of amides is 2. The van der Waals surface area contributed by atoms with E-state index in [1.54, 1.807) is 30.5 Å². The zero-order chi connectivity index (χ0) is 18.7.